The van der Waals surface area contributed by atoms with Gasteiger partial charge < -0.3 is 24.7 Å². The number of carbonyl (C=O) groups excluding carboxylic acids is 1. The van der Waals surface area contributed by atoms with Gasteiger partial charge in [0.15, 0.2) is 0 Å². The van der Waals surface area contributed by atoms with Crippen molar-refractivity contribution in [2.24, 2.45) is 0 Å². The van der Waals surface area contributed by atoms with Crippen LogP contribution in [-0.4, -0.2) is 33.1 Å². The molecule has 130 valence electrons. The Labute approximate surface area is 143 Å². The maximum absolute atomic E-state index is 12.2. The average molecular weight is 341 g/mol. The summed E-state index contributed by atoms with van der Waals surface area (Å²) in [6.07, 6.45) is 2.31. The largest absolute Gasteiger partial charge is 0.361 e. The molecule has 0 atom stereocenters. The molecule has 8 nitrogen and oxygen atoms in total. The number of aromatic amines is 2. The molecule has 0 spiro atoms. The minimum absolute atomic E-state index is 0.196. The summed E-state index contributed by atoms with van der Waals surface area (Å²) in [5.74, 6) is 1.42. The number of nitrogens with zero attached hydrogens (tertiary/aromatic N) is 2. The normalized spacial score (nSPS) is 14.0. The summed E-state index contributed by atoms with van der Waals surface area (Å²) in [7, 11) is 1.72. The molecule has 0 unspecified atom stereocenters. The summed E-state index contributed by atoms with van der Waals surface area (Å²) in [5.41, 5.74) is 2.89. The van der Waals surface area contributed by atoms with Gasteiger partial charge in [0.2, 0.25) is 0 Å². The number of hydrogen-bond donors (Lipinski definition) is 3. The van der Waals surface area contributed by atoms with Gasteiger partial charge in [0.1, 0.15) is 11.5 Å². The summed E-state index contributed by atoms with van der Waals surface area (Å²) < 4.78 is 5.30. The maximum Gasteiger partial charge on any atom is 0.323 e. The first kappa shape index (κ1) is 15.5. The average Bonchev–Trinajstić information content (AvgIpc) is 3.22. The van der Waals surface area contributed by atoms with Crippen molar-refractivity contribution in [3.63, 3.8) is 0 Å². The number of rotatable bonds is 5. The van der Waals surface area contributed by atoms with Gasteiger partial charge in [-0.2, -0.15) is 0 Å². The van der Waals surface area contributed by atoms with E-state index in [-0.39, 0.29) is 11.7 Å². The summed E-state index contributed by atoms with van der Waals surface area (Å²) >= 11 is 0. The Morgan fingerprint density at radius 1 is 1.32 bits per heavy atom. The van der Waals surface area contributed by atoms with E-state index in [9.17, 15) is 9.59 Å². The van der Waals surface area contributed by atoms with Crippen molar-refractivity contribution >= 4 is 17.1 Å². The molecule has 1 aromatic carbocycles. The number of benzene rings is 1. The molecule has 3 aromatic rings. The number of aromatic nitrogens is 3. The van der Waals surface area contributed by atoms with Crippen molar-refractivity contribution in [1.29, 1.82) is 0 Å². The van der Waals surface area contributed by atoms with E-state index in [2.05, 4.69) is 20.4 Å². The first-order chi connectivity index (χ1) is 12.1. The number of amides is 2. The smallest absolute Gasteiger partial charge is 0.323 e. The van der Waals surface area contributed by atoms with E-state index in [4.69, 9.17) is 4.52 Å². The molecule has 8 heteroatoms. The molecule has 2 aromatic heterocycles. The third kappa shape index (κ3) is 3.42. The lowest BCUT2D eigenvalue weighted by molar-refractivity contribution is 0.205. The Morgan fingerprint density at radius 2 is 2.12 bits per heavy atom. The molecule has 0 bridgehead atoms. The molecule has 4 rings (SSSR count). The van der Waals surface area contributed by atoms with E-state index in [1.54, 1.807) is 11.9 Å². The van der Waals surface area contributed by atoms with Crippen molar-refractivity contribution in [2.75, 3.05) is 7.05 Å². The number of carbonyl (C=O) groups is 1. The number of urea groups is 1. The molecule has 0 aliphatic heterocycles. The predicted molar refractivity (Wildman–Crippen MR) is 91.1 cm³/mol. The zero-order chi connectivity index (χ0) is 17.4. The van der Waals surface area contributed by atoms with E-state index in [0.29, 0.717) is 19.0 Å². The number of hydrogen-bond acceptors (Lipinski definition) is 4. The fraction of sp³-hybridized carbons (Fsp3) is 0.353. The van der Waals surface area contributed by atoms with Crippen LogP contribution < -0.4 is 11.0 Å². The monoisotopic (exact) mass is 341 g/mol. The summed E-state index contributed by atoms with van der Waals surface area (Å²) in [6, 6.07) is 7.25. The Bertz CT molecular complexity index is 966. The minimum atomic E-state index is -0.242. The van der Waals surface area contributed by atoms with E-state index >= 15 is 0 Å². The van der Waals surface area contributed by atoms with Crippen molar-refractivity contribution in [3.05, 3.63) is 51.8 Å². The Hall–Kier alpha value is -3.03. The summed E-state index contributed by atoms with van der Waals surface area (Å²) in [5, 5.41) is 6.88. The molecule has 3 N–H and O–H groups in total. The minimum Gasteiger partial charge on any atom is -0.361 e. The first-order valence-electron chi connectivity index (χ1n) is 8.24. The van der Waals surface area contributed by atoms with Crippen LogP contribution in [0.1, 0.15) is 35.8 Å². The Kier molecular flexibility index (Phi) is 3.79. The van der Waals surface area contributed by atoms with Crippen LogP contribution in [0.4, 0.5) is 4.79 Å². The van der Waals surface area contributed by atoms with E-state index < -0.39 is 0 Å². The van der Waals surface area contributed by atoms with Gasteiger partial charge in [-0.1, -0.05) is 11.2 Å². The van der Waals surface area contributed by atoms with Crippen LogP contribution in [0.5, 0.6) is 0 Å². The third-order valence-electron chi connectivity index (χ3n) is 4.33. The van der Waals surface area contributed by atoms with Gasteiger partial charge in [-0.15, -0.1) is 0 Å². The molecular weight excluding hydrogens is 322 g/mol. The lowest BCUT2D eigenvalue weighted by atomic mass is 10.2. The molecule has 0 radical (unpaired) electrons. The van der Waals surface area contributed by atoms with Gasteiger partial charge in [0, 0.05) is 25.6 Å². The Morgan fingerprint density at radius 3 is 2.92 bits per heavy atom. The standard InChI is InChI=1S/C17H19N5O3/c1-22(9-12-7-15(25-21-12)11-3-4-11)17(24)18-8-10-2-5-13-14(6-10)20-16(23)19-13/h2,5-7,11H,3-4,8-9H2,1H3,(H,18,24)(H2,19,20,23). The van der Waals surface area contributed by atoms with E-state index in [0.717, 1.165) is 40.9 Å². The number of fused-ring (bicyclic) bond motifs is 1. The Balaban J connectivity index is 1.34. The lowest BCUT2D eigenvalue weighted by Gasteiger charge is -2.16. The molecule has 1 saturated carbocycles. The fourth-order valence-electron chi connectivity index (χ4n) is 2.78. The van der Waals surface area contributed by atoms with Crippen molar-refractivity contribution in [2.45, 2.75) is 31.8 Å². The van der Waals surface area contributed by atoms with Gasteiger partial charge in [-0.25, -0.2) is 9.59 Å². The second-order valence-corrected chi connectivity index (χ2v) is 6.47. The molecule has 1 fully saturated rings. The predicted octanol–water partition coefficient (Wildman–Crippen LogP) is 2.06. The second-order valence-electron chi connectivity index (χ2n) is 6.47. The van der Waals surface area contributed by atoms with Crippen LogP contribution in [0.25, 0.3) is 11.0 Å². The topological polar surface area (TPSA) is 107 Å². The van der Waals surface area contributed by atoms with Crippen LogP contribution in [-0.2, 0) is 13.1 Å². The highest BCUT2D eigenvalue weighted by Crippen LogP contribution is 2.40. The van der Waals surface area contributed by atoms with Gasteiger partial charge >= 0.3 is 11.7 Å². The summed E-state index contributed by atoms with van der Waals surface area (Å²) in [6.45, 7) is 0.769. The van der Waals surface area contributed by atoms with Crippen molar-refractivity contribution in [3.8, 4) is 0 Å². The quantitative estimate of drug-likeness (QED) is 0.660. The number of nitrogens with one attached hydrogen (secondary N) is 3. The zero-order valence-electron chi connectivity index (χ0n) is 13.8. The molecule has 0 saturated heterocycles. The van der Waals surface area contributed by atoms with Gasteiger partial charge in [-0.3, -0.25) is 0 Å². The third-order valence-corrected chi connectivity index (χ3v) is 4.33. The van der Waals surface area contributed by atoms with Crippen molar-refractivity contribution < 1.29 is 9.32 Å². The highest BCUT2D eigenvalue weighted by atomic mass is 16.5. The molecule has 2 amide bonds. The molecular formula is C17H19N5O3. The van der Waals surface area contributed by atoms with Crippen LogP contribution in [0.2, 0.25) is 0 Å². The highest BCUT2D eigenvalue weighted by molar-refractivity contribution is 5.76. The fourth-order valence-corrected chi connectivity index (χ4v) is 2.78. The van der Waals surface area contributed by atoms with Crippen LogP contribution in [0.3, 0.4) is 0 Å². The SMILES string of the molecule is CN(Cc1cc(C2CC2)on1)C(=O)NCc1ccc2[nH]c(=O)[nH]c2c1. The van der Waals surface area contributed by atoms with Gasteiger partial charge in [0.25, 0.3) is 0 Å². The molecule has 1 aliphatic carbocycles. The highest BCUT2D eigenvalue weighted by Gasteiger charge is 2.28. The molecule has 25 heavy (non-hydrogen) atoms. The molecule has 2 heterocycles. The van der Waals surface area contributed by atoms with Crippen LogP contribution in [0, 0.1) is 0 Å². The van der Waals surface area contributed by atoms with Crippen LogP contribution in [0.15, 0.2) is 33.6 Å². The maximum atomic E-state index is 12.2. The van der Waals surface area contributed by atoms with E-state index in [1.807, 2.05) is 24.3 Å². The van der Waals surface area contributed by atoms with E-state index in [1.165, 1.54) is 0 Å². The van der Waals surface area contributed by atoms with Gasteiger partial charge in [-0.05, 0) is 30.5 Å². The zero-order valence-corrected chi connectivity index (χ0v) is 13.8. The van der Waals surface area contributed by atoms with Crippen molar-refractivity contribution in [1.82, 2.24) is 25.3 Å². The summed E-state index contributed by atoms with van der Waals surface area (Å²) in [4.78, 5) is 30.5. The van der Waals surface area contributed by atoms with Gasteiger partial charge in [0.05, 0.1) is 17.6 Å². The second kappa shape index (κ2) is 6.12. The first-order valence-corrected chi connectivity index (χ1v) is 8.24. The number of imidazole rings is 1. The molecule has 1 aliphatic rings. The van der Waals surface area contributed by atoms with Crippen LogP contribution >= 0.6 is 0 Å². The lowest BCUT2D eigenvalue weighted by Crippen LogP contribution is -2.36. The number of H-pyrrole nitrogens is 2.